The summed E-state index contributed by atoms with van der Waals surface area (Å²) < 4.78 is 0. The molecule has 0 saturated carbocycles. The number of carbonyl (C=O) groups excluding carboxylic acids is 1. The van der Waals surface area contributed by atoms with Gasteiger partial charge in [0.1, 0.15) is 0 Å². The third-order valence-corrected chi connectivity index (χ3v) is 3.75. The average Bonchev–Trinajstić information content (AvgIpc) is 2.59. The van der Waals surface area contributed by atoms with Crippen molar-refractivity contribution < 1.29 is 14.8 Å². The van der Waals surface area contributed by atoms with Crippen LogP contribution in [0.4, 0.5) is 11.4 Å². The number of benzene rings is 1. The van der Waals surface area contributed by atoms with E-state index in [4.69, 9.17) is 0 Å². The number of aliphatic hydroxyl groups is 1. The molecule has 0 bridgehead atoms. The van der Waals surface area contributed by atoms with E-state index in [9.17, 15) is 20.0 Å². The predicted octanol–water partition coefficient (Wildman–Crippen LogP) is 2.15. The van der Waals surface area contributed by atoms with Crippen molar-refractivity contribution in [3.8, 4) is 0 Å². The van der Waals surface area contributed by atoms with Gasteiger partial charge in [-0.1, -0.05) is 0 Å². The largest absolute Gasteiger partial charge is 0.390 e. The normalized spacial score (nSPS) is 23.2. The molecule has 1 heterocycles. The minimum absolute atomic E-state index is 0.0855. The molecule has 6 heteroatoms. The Balaban J connectivity index is 2.28. The number of hydrogen-bond acceptors (Lipinski definition) is 5. The summed E-state index contributed by atoms with van der Waals surface area (Å²) in [5, 5.41) is 20.8. The molecule has 0 spiro atoms. The first-order valence-electron chi connectivity index (χ1n) is 6.64. The Morgan fingerprint density at radius 3 is 2.80 bits per heavy atom. The predicted molar refractivity (Wildman–Crippen MR) is 75.2 cm³/mol. The zero-order chi connectivity index (χ0) is 14.8. The van der Waals surface area contributed by atoms with Crippen LogP contribution in [0.3, 0.4) is 0 Å². The summed E-state index contributed by atoms with van der Waals surface area (Å²) in [6.07, 6.45) is 2.79. The molecule has 1 N–H and O–H groups in total. The summed E-state index contributed by atoms with van der Waals surface area (Å²) in [6.45, 7) is 3.17. The van der Waals surface area contributed by atoms with Crippen molar-refractivity contribution in [2.75, 3.05) is 18.0 Å². The van der Waals surface area contributed by atoms with Crippen molar-refractivity contribution in [1.29, 1.82) is 0 Å². The van der Waals surface area contributed by atoms with Gasteiger partial charge in [0.15, 0.2) is 6.29 Å². The van der Waals surface area contributed by atoms with Crippen molar-refractivity contribution in [1.82, 2.24) is 0 Å². The Morgan fingerprint density at radius 2 is 2.15 bits per heavy atom. The second-order valence-corrected chi connectivity index (χ2v) is 5.46. The molecule has 1 atom stereocenters. The fourth-order valence-electron chi connectivity index (χ4n) is 2.54. The molecule has 0 aliphatic carbocycles. The van der Waals surface area contributed by atoms with Crippen LogP contribution in [0.2, 0.25) is 0 Å². The fourth-order valence-corrected chi connectivity index (χ4v) is 2.54. The minimum atomic E-state index is -0.684. The highest BCUT2D eigenvalue weighted by Crippen LogP contribution is 2.29. The number of nitro groups is 1. The lowest BCUT2D eigenvalue weighted by Crippen LogP contribution is -2.28. The van der Waals surface area contributed by atoms with Crippen LogP contribution in [-0.2, 0) is 0 Å². The third kappa shape index (κ3) is 3.14. The summed E-state index contributed by atoms with van der Waals surface area (Å²) in [5.41, 5.74) is 0.248. The molecule has 6 nitrogen and oxygen atoms in total. The van der Waals surface area contributed by atoms with Gasteiger partial charge in [-0.2, -0.15) is 0 Å². The first-order chi connectivity index (χ1) is 9.43. The summed E-state index contributed by atoms with van der Waals surface area (Å²) in [4.78, 5) is 23.4. The van der Waals surface area contributed by atoms with E-state index in [-0.39, 0.29) is 5.69 Å². The van der Waals surface area contributed by atoms with Crippen molar-refractivity contribution in [3.05, 3.63) is 33.9 Å². The first-order valence-corrected chi connectivity index (χ1v) is 6.64. The molecule has 20 heavy (non-hydrogen) atoms. The van der Waals surface area contributed by atoms with Crippen LogP contribution in [-0.4, -0.2) is 35.0 Å². The van der Waals surface area contributed by atoms with Gasteiger partial charge in [-0.05, 0) is 32.3 Å². The SMILES string of the molecule is CC1(O)CCCN(c2ccc([N+](=O)[O-])cc2C=O)CC1. The standard InChI is InChI=1S/C14H18N2O4/c1-14(18)5-2-7-15(8-6-14)13-4-3-12(16(19)20)9-11(13)10-17/h3-4,9-10,18H,2,5-8H2,1H3. The van der Waals surface area contributed by atoms with Crippen LogP contribution in [0.5, 0.6) is 0 Å². The Bertz CT molecular complexity index is 528. The molecule has 1 aliphatic rings. The van der Waals surface area contributed by atoms with Gasteiger partial charge in [-0.25, -0.2) is 0 Å². The quantitative estimate of drug-likeness (QED) is 0.520. The molecule has 1 fully saturated rings. The number of nitrogens with zero attached hydrogens (tertiary/aromatic N) is 2. The molecule has 0 aromatic heterocycles. The molecule has 0 amide bonds. The molecular formula is C14H18N2O4. The molecular weight excluding hydrogens is 260 g/mol. The molecule has 108 valence electrons. The number of non-ortho nitro benzene ring substituents is 1. The Morgan fingerprint density at radius 1 is 1.40 bits per heavy atom. The van der Waals surface area contributed by atoms with E-state index in [1.54, 1.807) is 6.07 Å². The van der Waals surface area contributed by atoms with Gasteiger partial charge >= 0.3 is 0 Å². The molecule has 1 aromatic carbocycles. The van der Waals surface area contributed by atoms with Crippen LogP contribution in [0.15, 0.2) is 18.2 Å². The lowest BCUT2D eigenvalue weighted by molar-refractivity contribution is -0.384. The van der Waals surface area contributed by atoms with Crippen LogP contribution < -0.4 is 4.90 Å². The molecule has 1 aromatic rings. The summed E-state index contributed by atoms with van der Waals surface area (Å²) >= 11 is 0. The zero-order valence-electron chi connectivity index (χ0n) is 11.4. The van der Waals surface area contributed by atoms with Gasteiger partial charge in [0.2, 0.25) is 0 Å². The highest BCUT2D eigenvalue weighted by molar-refractivity contribution is 5.86. The Labute approximate surface area is 117 Å². The monoisotopic (exact) mass is 278 g/mol. The molecule has 1 aliphatic heterocycles. The van der Waals surface area contributed by atoms with Crippen molar-refractivity contribution in [2.24, 2.45) is 0 Å². The van der Waals surface area contributed by atoms with Crippen LogP contribution in [0.1, 0.15) is 36.5 Å². The van der Waals surface area contributed by atoms with E-state index >= 15 is 0 Å². The Hall–Kier alpha value is -1.95. The first kappa shape index (κ1) is 14.5. The van der Waals surface area contributed by atoms with Gasteiger partial charge in [-0.15, -0.1) is 0 Å². The Kier molecular flexibility index (Phi) is 4.04. The van der Waals surface area contributed by atoms with Crippen LogP contribution >= 0.6 is 0 Å². The van der Waals surface area contributed by atoms with E-state index in [1.165, 1.54) is 12.1 Å². The number of aldehydes is 1. The summed E-state index contributed by atoms with van der Waals surface area (Å²) in [7, 11) is 0. The third-order valence-electron chi connectivity index (χ3n) is 3.75. The fraction of sp³-hybridized carbons (Fsp3) is 0.500. The van der Waals surface area contributed by atoms with Crippen molar-refractivity contribution in [2.45, 2.75) is 31.8 Å². The summed E-state index contributed by atoms with van der Waals surface area (Å²) in [6, 6.07) is 4.32. The smallest absolute Gasteiger partial charge is 0.270 e. The summed E-state index contributed by atoms with van der Waals surface area (Å²) in [5.74, 6) is 0. The van der Waals surface area contributed by atoms with E-state index in [2.05, 4.69) is 0 Å². The van der Waals surface area contributed by atoms with E-state index in [0.717, 1.165) is 13.0 Å². The molecule has 2 rings (SSSR count). The number of nitro benzene ring substituents is 1. The zero-order valence-corrected chi connectivity index (χ0v) is 11.4. The lowest BCUT2D eigenvalue weighted by atomic mass is 9.98. The van der Waals surface area contributed by atoms with Gasteiger partial charge in [0, 0.05) is 36.5 Å². The van der Waals surface area contributed by atoms with E-state index < -0.39 is 10.5 Å². The highest BCUT2D eigenvalue weighted by atomic mass is 16.6. The second-order valence-electron chi connectivity index (χ2n) is 5.46. The maximum Gasteiger partial charge on any atom is 0.270 e. The highest BCUT2D eigenvalue weighted by Gasteiger charge is 2.26. The van der Waals surface area contributed by atoms with Crippen molar-refractivity contribution in [3.63, 3.8) is 0 Å². The lowest BCUT2D eigenvalue weighted by Gasteiger charge is -2.25. The molecule has 1 saturated heterocycles. The molecule has 0 radical (unpaired) electrons. The van der Waals surface area contributed by atoms with Gasteiger partial charge < -0.3 is 10.0 Å². The van der Waals surface area contributed by atoms with Gasteiger partial charge in [-0.3, -0.25) is 14.9 Å². The molecule has 1 unspecified atom stereocenters. The minimum Gasteiger partial charge on any atom is -0.390 e. The second kappa shape index (κ2) is 5.58. The number of hydrogen-bond donors (Lipinski definition) is 1. The number of anilines is 1. The number of carbonyl (C=O) groups is 1. The topological polar surface area (TPSA) is 83.7 Å². The van der Waals surface area contributed by atoms with E-state index in [0.29, 0.717) is 36.9 Å². The number of rotatable bonds is 3. The van der Waals surface area contributed by atoms with E-state index in [1.807, 2.05) is 11.8 Å². The van der Waals surface area contributed by atoms with Crippen LogP contribution in [0.25, 0.3) is 0 Å². The van der Waals surface area contributed by atoms with Gasteiger partial charge in [0.25, 0.3) is 5.69 Å². The van der Waals surface area contributed by atoms with Gasteiger partial charge in [0.05, 0.1) is 10.5 Å². The average molecular weight is 278 g/mol. The van der Waals surface area contributed by atoms with Crippen LogP contribution in [0, 0.1) is 10.1 Å². The maximum atomic E-state index is 11.2. The maximum absolute atomic E-state index is 11.2. The van der Waals surface area contributed by atoms with Crippen molar-refractivity contribution >= 4 is 17.7 Å².